The molecule has 3 rings (SSSR count). The molecule has 0 aliphatic carbocycles. The van der Waals surface area contributed by atoms with Gasteiger partial charge >= 0.3 is 0 Å². The molecule has 32 heavy (non-hydrogen) atoms. The first kappa shape index (κ1) is 26.1. The van der Waals surface area contributed by atoms with Crippen LogP contribution < -0.4 is 5.50 Å². The number of aliphatic hydroxyl groups excluding tert-OH is 1. The van der Waals surface area contributed by atoms with Crippen molar-refractivity contribution in [2.45, 2.75) is 24.0 Å². The highest BCUT2D eigenvalue weighted by Crippen LogP contribution is 2.51. The summed E-state index contributed by atoms with van der Waals surface area (Å²) in [5, 5.41) is 9.59. The normalized spacial score (nSPS) is 11.7. The van der Waals surface area contributed by atoms with Gasteiger partial charge in [-0.3, -0.25) is 5.50 Å². The molecule has 7 heteroatoms. The van der Waals surface area contributed by atoms with Crippen LogP contribution in [0.3, 0.4) is 0 Å². The third kappa shape index (κ3) is 5.61. The van der Waals surface area contributed by atoms with Gasteiger partial charge in [0.25, 0.3) is 0 Å². The zero-order chi connectivity index (χ0) is 23.5. The van der Waals surface area contributed by atoms with Crippen molar-refractivity contribution in [3.8, 4) is 0 Å². The second kappa shape index (κ2) is 12.8. The molecule has 172 valence electrons. The zero-order valence-corrected chi connectivity index (χ0v) is 19.4. The minimum atomic E-state index is -2.12. The molecule has 3 aromatic carbocycles. The Hall–Kier alpha value is -2.15. The summed E-state index contributed by atoms with van der Waals surface area (Å²) in [6.45, 7) is 0.0723. The Morgan fingerprint density at radius 1 is 0.719 bits per heavy atom. The first-order valence-electron chi connectivity index (χ1n) is 10.3. The van der Waals surface area contributed by atoms with E-state index in [2.05, 4.69) is 41.9 Å². The van der Waals surface area contributed by atoms with Crippen LogP contribution in [0.25, 0.3) is 0 Å². The second-order valence-electron chi connectivity index (χ2n) is 7.16. The zero-order valence-electron chi connectivity index (χ0n) is 18.5. The lowest BCUT2D eigenvalue weighted by molar-refractivity contribution is -0.239. The number of aliphatic hydroxyl groups is 1. The molecule has 0 aliphatic heterocycles. The standard InChI is InChI=1S/C25H28O3.H4NO2P/c1-27-24(28-2,19-12-20-26)25(21-13-6-3-7-14-21,22-15-8-4-9-16-22)23-17-10-5-11-18-23;1-4(2)3/h3-11,13-18,26H,12,19-20H2,1-2H3;2-3H,1H2. The highest BCUT2D eigenvalue weighted by molar-refractivity contribution is 7.42. The predicted octanol–water partition coefficient (Wildman–Crippen LogP) is 3.94. The predicted molar refractivity (Wildman–Crippen MR) is 128 cm³/mol. The highest BCUT2D eigenvalue weighted by Gasteiger charge is 2.55. The van der Waals surface area contributed by atoms with Gasteiger partial charge in [-0.15, -0.1) is 0 Å². The fraction of sp³-hybridized carbons (Fsp3) is 0.280. The molecular formula is C25H32NO5P. The smallest absolute Gasteiger partial charge is 0.247 e. The molecule has 0 radical (unpaired) electrons. The Morgan fingerprint density at radius 3 is 1.28 bits per heavy atom. The minimum Gasteiger partial charge on any atom is -0.396 e. The maximum Gasteiger partial charge on any atom is 0.247 e. The molecule has 0 atom stereocenters. The van der Waals surface area contributed by atoms with Crippen LogP contribution in [0.2, 0.25) is 0 Å². The summed E-state index contributed by atoms with van der Waals surface area (Å²) < 4.78 is 12.4. The molecule has 5 N–H and O–H groups in total. The van der Waals surface area contributed by atoms with Crippen LogP contribution in [0, 0.1) is 0 Å². The van der Waals surface area contributed by atoms with E-state index < -0.39 is 19.7 Å². The van der Waals surface area contributed by atoms with Gasteiger partial charge in [0.15, 0.2) is 5.79 Å². The Kier molecular flexibility index (Phi) is 10.4. The number of nitrogens with two attached hydrogens (primary N) is 1. The van der Waals surface area contributed by atoms with Crippen molar-refractivity contribution in [2.24, 2.45) is 5.50 Å². The number of methoxy groups -OCH3 is 2. The maximum atomic E-state index is 9.59. The average molecular weight is 458 g/mol. The number of ether oxygens (including phenoxy) is 2. The van der Waals surface area contributed by atoms with Crippen LogP contribution in [0.4, 0.5) is 0 Å². The van der Waals surface area contributed by atoms with Gasteiger partial charge in [-0.1, -0.05) is 91.0 Å². The van der Waals surface area contributed by atoms with E-state index in [0.717, 1.165) is 16.7 Å². The second-order valence-corrected chi connectivity index (χ2v) is 7.80. The largest absolute Gasteiger partial charge is 0.396 e. The topological polar surface area (TPSA) is 105 Å². The fourth-order valence-corrected chi connectivity index (χ4v) is 4.32. The van der Waals surface area contributed by atoms with E-state index in [4.69, 9.17) is 19.3 Å². The van der Waals surface area contributed by atoms with E-state index in [-0.39, 0.29) is 6.61 Å². The lowest BCUT2D eigenvalue weighted by Gasteiger charge is -2.50. The molecule has 0 bridgehead atoms. The summed E-state index contributed by atoms with van der Waals surface area (Å²) in [5.74, 6) is -1.00. The molecule has 0 spiro atoms. The lowest BCUT2D eigenvalue weighted by atomic mass is 9.62. The van der Waals surface area contributed by atoms with Crippen LogP contribution in [0.1, 0.15) is 29.5 Å². The van der Waals surface area contributed by atoms with E-state index in [9.17, 15) is 5.11 Å². The first-order chi connectivity index (χ1) is 15.5. The van der Waals surface area contributed by atoms with Crippen LogP contribution in [-0.4, -0.2) is 41.5 Å². The van der Waals surface area contributed by atoms with Gasteiger partial charge in [0.1, 0.15) is 0 Å². The van der Waals surface area contributed by atoms with Gasteiger partial charge in [-0.25, -0.2) is 0 Å². The van der Waals surface area contributed by atoms with E-state index in [1.807, 2.05) is 54.6 Å². The van der Waals surface area contributed by atoms with E-state index >= 15 is 0 Å². The Morgan fingerprint density at radius 2 is 1.03 bits per heavy atom. The lowest BCUT2D eigenvalue weighted by Crippen LogP contribution is -2.56. The molecule has 0 saturated carbocycles. The number of rotatable bonds is 9. The van der Waals surface area contributed by atoms with Crippen LogP contribution in [0.5, 0.6) is 0 Å². The maximum absolute atomic E-state index is 9.59. The monoisotopic (exact) mass is 457 g/mol. The summed E-state index contributed by atoms with van der Waals surface area (Å²) in [6, 6.07) is 31.0. The number of hydrogen-bond donors (Lipinski definition) is 4. The molecule has 0 amide bonds. The SMILES string of the molecule is COC(CCCO)(OC)C(c1ccccc1)(c1ccccc1)c1ccccc1.NP(O)O. The quantitative estimate of drug-likeness (QED) is 0.220. The van der Waals surface area contributed by atoms with Gasteiger partial charge in [0.2, 0.25) is 8.53 Å². The average Bonchev–Trinajstić information content (AvgIpc) is 2.83. The highest BCUT2D eigenvalue weighted by atomic mass is 31.2. The molecule has 0 aliphatic rings. The third-order valence-corrected chi connectivity index (χ3v) is 5.52. The minimum absolute atomic E-state index is 0.0723. The number of benzene rings is 3. The van der Waals surface area contributed by atoms with Gasteiger partial charge in [-0.05, 0) is 23.1 Å². The van der Waals surface area contributed by atoms with E-state index in [1.54, 1.807) is 14.2 Å². The van der Waals surface area contributed by atoms with Crippen molar-refractivity contribution in [3.05, 3.63) is 108 Å². The van der Waals surface area contributed by atoms with Crippen LogP contribution in [-0.2, 0) is 14.9 Å². The molecule has 3 aromatic rings. The molecule has 0 saturated heterocycles. The van der Waals surface area contributed by atoms with Crippen molar-refractivity contribution >= 4 is 8.53 Å². The Labute approximate surface area is 191 Å². The fourth-order valence-electron chi connectivity index (χ4n) is 4.32. The summed E-state index contributed by atoms with van der Waals surface area (Å²) in [6.07, 6.45) is 1.10. The summed E-state index contributed by atoms with van der Waals surface area (Å²) >= 11 is 0. The van der Waals surface area contributed by atoms with E-state index in [1.165, 1.54) is 0 Å². The molecule has 0 heterocycles. The van der Waals surface area contributed by atoms with Crippen molar-refractivity contribution in [2.75, 3.05) is 20.8 Å². The molecule has 0 unspecified atom stereocenters. The first-order valence-corrected chi connectivity index (χ1v) is 11.6. The van der Waals surface area contributed by atoms with Crippen LogP contribution in [0.15, 0.2) is 91.0 Å². The Balaban J connectivity index is 0.000000837. The van der Waals surface area contributed by atoms with Crippen molar-refractivity contribution in [1.29, 1.82) is 0 Å². The molecule has 0 fully saturated rings. The van der Waals surface area contributed by atoms with Gasteiger partial charge in [0.05, 0.1) is 5.41 Å². The van der Waals surface area contributed by atoms with Crippen molar-refractivity contribution in [1.82, 2.24) is 0 Å². The molecular weight excluding hydrogens is 425 g/mol. The molecule has 6 nitrogen and oxygen atoms in total. The molecule has 0 aromatic heterocycles. The summed E-state index contributed by atoms with van der Waals surface area (Å²) in [7, 11) is 1.25. The Bertz CT molecular complexity index is 791. The number of hydrogen-bond acceptors (Lipinski definition) is 6. The summed E-state index contributed by atoms with van der Waals surface area (Å²) in [5.41, 5.74) is 6.81. The third-order valence-electron chi connectivity index (χ3n) is 5.52. The van der Waals surface area contributed by atoms with Gasteiger partial charge in [0, 0.05) is 27.2 Å². The van der Waals surface area contributed by atoms with Gasteiger partial charge in [-0.2, -0.15) is 0 Å². The summed E-state index contributed by atoms with van der Waals surface area (Å²) in [4.78, 5) is 14.9. The van der Waals surface area contributed by atoms with Crippen LogP contribution >= 0.6 is 8.53 Å². The van der Waals surface area contributed by atoms with Crippen molar-refractivity contribution < 1.29 is 24.4 Å². The van der Waals surface area contributed by atoms with E-state index in [0.29, 0.717) is 12.8 Å². The van der Waals surface area contributed by atoms with Crippen molar-refractivity contribution in [3.63, 3.8) is 0 Å². The van der Waals surface area contributed by atoms with Gasteiger partial charge < -0.3 is 24.4 Å².